The molecule has 0 aliphatic carbocycles. The number of carbonyl (C=O) groups is 2. The van der Waals surface area contributed by atoms with Gasteiger partial charge in [-0.1, -0.05) is 34.1 Å². The van der Waals surface area contributed by atoms with Gasteiger partial charge in [-0.2, -0.15) is 0 Å². The number of benzene rings is 3. The molecule has 1 aliphatic heterocycles. The van der Waals surface area contributed by atoms with E-state index in [4.69, 9.17) is 9.47 Å². The summed E-state index contributed by atoms with van der Waals surface area (Å²) in [5, 5.41) is 6.20. The van der Waals surface area contributed by atoms with Crippen molar-refractivity contribution in [2.75, 3.05) is 38.8 Å². The number of hydrogen-bond acceptors (Lipinski definition) is 5. The summed E-state index contributed by atoms with van der Waals surface area (Å²) in [6, 6.07) is 20.9. The summed E-state index contributed by atoms with van der Waals surface area (Å²) >= 11 is 3.40. The van der Waals surface area contributed by atoms with Crippen molar-refractivity contribution in [3.05, 3.63) is 87.9 Å². The van der Waals surface area contributed by atoms with Crippen LogP contribution >= 0.6 is 15.9 Å². The molecule has 7 nitrogen and oxygen atoms in total. The highest BCUT2D eigenvalue weighted by Gasteiger charge is 2.24. The van der Waals surface area contributed by atoms with E-state index in [1.54, 1.807) is 14.2 Å². The second kappa shape index (κ2) is 12.6. The monoisotopic (exact) mass is 565 g/mol. The number of para-hydroxylation sites is 1. The van der Waals surface area contributed by atoms with E-state index in [0.717, 1.165) is 41.7 Å². The maximum Gasteiger partial charge on any atom is 0.253 e. The molecule has 0 saturated carbocycles. The Morgan fingerprint density at radius 2 is 1.62 bits per heavy atom. The number of piperidine rings is 1. The molecule has 3 aromatic rings. The Morgan fingerprint density at radius 3 is 2.32 bits per heavy atom. The Bertz CT molecular complexity index is 1220. The van der Waals surface area contributed by atoms with Gasteiger partial charge in [-0.05, 0) is 73.4 Å². The Morgan fingerprint density at radius 1 is 0.919 bits per heavy atom. The van der Waals surface area contributed by atoms with Gasteiger partial charge in [-0.15, -0.1) is 0 Å². The highest BCUT2D eigenvalue weighted by Crippen LogP contribution is 2.28. The van der Waals surface area contributed by atoms with Crippen LogP contribution in [0.5, 0.6) is 11.5 Å². The number of methoxy groups -OCH3 is 2. The van der Waals surface area contributed by atoms with Gasteiger partial charge in [0.1, 0.15) is 0 Å². The fourth-order valence-electron chi connectivity index (χ4n) is 4.53. The van der Waals surface area contributed by atoms with Gasteiger partial charge in [0.05, 0.1) is 19.8 Å². The Labute approximate surface area is 226 Å². The minimum atomic E-state index is -0.0956. The number of anilines is 1. The quantitative estimate of drug-likeness (QED) is 0.388. The fraction of sp³-hybridized carbons (Fsp3) is 0.310. The lowest BCUT2D eigenvalue weighted by Crippen LogP contribution is -2.45. The molecule has 4 rings (SSSR count). The number of rotatable bonds is 9. The summed E-state index contributed by atoms with van der Waals surface area (Å²) < 4.78 is 11.6. The molecule has 0 radical (unpaired) electrons. The zero-order valence-corrected chi connectivity index (χ0v) is 22.7. The second-order valence-corrected chi connectivity index (χ2v) is 9.87. The first-order chi connectivity index (χ1) is 18.0. The summed E-state index contributed by atoms with van der Waals surface area (Å²) in [5.74, 6) is 1.20. The number of amides is 2. The number of carbonyl (C=O) groups excluding carboxylic acids is 2. The van der Waals surface area contributed by atoms with Gasteiger partial charge in [0.25, 0.3) is 11.8 Å². The smallest absolute Gasteiger partial charge is 0.253 e. The van der Waals surface area contributed by atoms with Crippen molar-refractivity contribution >= 4 is 33.4 Å². The molecule has 1 fully saturated rings. The predicted molar refractivity (Wildman–Crippen MR) is 149 cm³/mol. The normalized spacial score (nSPS) is 13.6. The molecule has 0 aromatic heterocycles. The maximum atomic E-state index is 13.1. The second-order valence-electron chi connectivity index (χ2n) is 8.95. The molecule has 0 unspecified atom stereocenters. The molecule has 3 aromatic carbocycles. The zero-order valence-electron chi connectivity index (χ0n) is 21.1. The van der Waals surface area contributed by atoms with E-state index in [1.807, 2.05) is 66.7 Å². The molecule has 2 amide bonds. The lowest BCUT2D eigenvalue weighted by atomic mass is 10.0. The van der Waals surface area contributed by atoms with E-state index in [1.165, 1.54) is 0 Å². The first-order valence-electron chi connectivity index (χ1n) is 12.4. The summed E-state index contributed by atoms with van der Waals surface area (Å²) in [4.78, 5) is 27.9. The SMILES string of the molecule is COc1ccc(CCNC(=O)c2ccccc2N2CCC(NC(=O)c3ccc(Br)cc3)CC2)cc1OC. The average molecular weight is 566 g/mol. The molecule has 1 heterocycles. The molecule has 1 saturated heterocycles. The van der Waals surface area contributed by atoms with E-state index < -0.39 is 0 Å². The topological polar surface area (TPSA) is 79.9 Å². The minimum absolute atomic E-state index is 0.0554. The van der Waals surface area contributed by atoms with Gasteiger partial charge in [0, 0.05) is 41.4 Å². The summed E-state index contributed by atoms with van der Waals surface area (Å²) in [6.07, 6.45) is 2.31. The summed E-state index contributed by atoms with van der Waals surface area (Å²) in [7, 11) is 3.22. The minimum Gasteiger partial charge on any atom is -0.493 e. The first-order valence-corrected chi connectivity index (χ1v) is 13.2. The lowest BCUT2D eigenvalue weighted by Gasteiger charge is -2.35. The number of ether oxygens (including phenoxy) is 2. The standard InChI is InChI=1S/C29H32BrN3O4/c1-36-26-12-7-20(19-27(26)37-2)13-16-31-29(35)24-5-3-4-6-25(24)33-17-14-23(15-18-33)32-28(34)21-8-10-22(30)11-9-21/h3-12,19,23H,13-18H2,1-2H3,(H,31,35)(H,32,34). The van der Waals surface area contributed by atoms with Crippen LogP contribution in [-0.4, -0.2) is 51.7 Å². The molecular formula is C29H32BrN3O4. The van der Waals surface area contributed by atoms with Crippen molar-refractivity contribution in [2.24, 2.45) is 0 Å². The van der Waals surface area contributed by atoms with Crippen LogP contribution in [0.3, 0.4) is 0 Å². The largest absolute Gasteiger partial charge is 0.493 e. The van der Waals surface area contributed by atoms with Crippen LogP contribution in [0.4, 0.5) is 5.69 Å². The van der Waals surface area contributed by atoms with Crippen LogP contribution < -0.4 is 25.0 Å². The van der Waals surface area contributed by atoms with Gasteiger partial charge in [-0.3, -0.25) is 9.59 Å². The van der Waals surface area contributed by atoms with Gasteiger partial charge in [-0.25, -0.2) is 0 Å². The fourth-order valence-corrected chi connectivity index (χ4v) is 4.79. The van der Waals surface area contributed by atoms with Crippen LogP contribution in [0.15, 0.2) is 71.2 Å². The van der Waals surface area contributed by atoms with Gasteiger partial charge < -0.3 is 25.0 Å². The number of hydrogen-bond donors (Lipinski definition) is 2. The van der Waals surface area contributed by atoms with Crippen molar-refractivity contribution in [2.45, 2.75) is 25.3 Å². The molecular weight excluding hydrogens is 534 g/mol. The highest BCUT2D eigenvalue weighted by atomic mass is 79.9. The van der Waals surface area contributed by atoms with Crippen LogP contribution in [0, 0.1) is 0 Å². The van der Waals surface area contributed by atoms with Crippen LogP contribution in [0.2, 0.25) is 0 Å². The average Bonchev–Trinajstić information content (AvgIpc) is 2.93. The van der Waals surface area contributed by atoms with Crippen molar-refractivity contribution < 1.29 is 19.1 Å². The van der Waals surface area contributed by atoms with Gasteiger partial charge in [0.2, 0.25) is 0 Å². The Kier molecular flexibility index (Phi) is 9.06. The Balaban J connectivity index is 1.31. The van der Waals surface area contributed by atoms with E-state index in [2.05, 4.69) is 31.5 Å². The van der Waals surface area contributed by atoms with E-state index in [-0.39, 0.29) is 17.9 Å². The van der Waals surface area contributed by atoms with Gasteiger partial charge >= 0.3 is 0 Å². The van der Waals surface area contributed by atoms with Crippen molar-refractivity contribution in [3.63, 3.8) is 0 Å². The molecule has 194 valence electrons. The molecule has 1 aliphatic rings. The first kappa shape index (κ1) is 26.5. The third kappa shape index (κ3) is 6.83. The van der Waals surface area contributed by atoms with Crippen molar-refractivity contribution in [3.8, 4) is 11.5 Å². The molecule has 0 atom stereocenters. The number of nitrogens with zero attached hydrogens (tertiary/aromatic N) is 1. The van der Waals surface area contributed by atoms with E-state index in [0.29, 0.717) is 35.6 Å². The van der Waals surface area contributed by atoms with E-state index in [9.17, 15) is 9.59 Å². The lowest BCUT2D eigenvalue weighted by molar-refractivity contribution is 0.0929. The zero-order chi connectivity index (χ0) is 26.2. The van der Waals surface area contributed by atoms with Crippen LogP contribution in [0.25, 0.3) is 0 Å². The Hall–Kier alpha value is -3.52. The highest BCUT2D eigenvalue weighted by molar-refractivity contribution is 9.10. The maximum absolute atomic E-state index is 13.1. The van der Waals surface area contributed by atoms with Crippen LogP contribution in [0.1, 0.15) is 39.1 Å². The third-order valence-corrected chi connectivity index (χ3v) is 7.10. The molecule has 0 bridgehead atoms. The molecule has 0 spiro atoms. The molecule has 8 heteroatoms. The molecule has 37 heavy (non-hydrogen) atoms. The van der Waals surface area contributed by atoms with E-state index >= 15 is 0 Å². The summed E-state index contributed by atoms with van der Waals surface area (Å²) in [6.45, 7) is 2.04. The van der Waals surface area contributed by atoms with Crippen molar-refractivity contribution in [1.29, 1.82) is 0 Å². The van der Waals surface area contributed by atoms with Crippen LogP contribution in [-0.2, 0) is 6.42 Å². The van der Waals surface area contributed by atoms with Crippen molar-refractivity contribution in [1.82, 2.24) is 10.6 Å². The third-order valence-electron chi connectivity index (χ3n) is 6.57. The van der Waals surface area contributed by atoms with Gasteiger partial charge in [0.15, 0.2) is 11.5 Å². The predicted octanol–water partition coefficient (Wildman–Crippen LogP) is 4.84. The molecule has 2 N–H and O–H groups in total. The number of nitrogens with one attached hydrogen (secondary N) is 2. The summed E-state index contributed by atoms with van der Waals surface area (Å²) in [5.41, 5.74) is 3.29. The number of halogens is 1.